The lowest BCUT2D eigenvalue weighted by Crippen LogP contribution is -2.31. The summed E-state index contributed by atoms with van der Waals surface area (Å²) < 4.78 is 5.00. The molecule has 6 nitrogen and oxygen atoms in total. The van der Waals surface area contributed by atoms with Gasteiger partial charge in [-0.15, -0.1) is 11.3 Å². The number of esters is 1. The molecule has 1 aliphatic rings. The molecule has 162 valence electrons. The van der Waals surface area contributed by atoms with E-state index in [2.05, 4.69) is 0 Å². The molecule has 4 rings (SSSR count). The molecule has 0 fully saturated rings. The van der Waals surface area contributed by atoms with Crippen molar-refractivity contribution in [1.29, 1.82) is 0 Å². The Kier molecular flexibility index (Phi) is 6.12. The van der Waals surface area contributed by atoms with Gasteiger partial charge in [0.1, 0.15) is 0 Å². The number of aliphatic hydroxyl groups is 1. The first-order valence-corrected chi connectivity index (χ1v) is 11.1. The van der Waals surface area contributed by atoms with Crippen LogP contribution in [-0.2, 0) is 9.53 Å². The molecule has 1 N–H and O–H groups in total. The van der Waals surface area contributed by atoms with E-state index in [4.69, 9.17) is 16.3 Å². The number of halogens is 1. The zero-order valence-electron chi connectivity index (χ0n) is 16.9. The maximum Gasteiger partial charge on any atom is 0.338 e. The molecule has 0 spiro atoms. The summed E-state index contributed by atoms with van der Waals surface area (Å²) in [6.07, 6.45) is 0. The SMILES string of the molecule is CCOC(=O)c1ccc(N2C(=O)C(O)=C(C(=O)c3cccs3)[C@@H]2c2ccc(Cl)cc2)cc1. The van der Waals surface area contributed by atoms with Gasteiger partial charge in [-0.2, -0.15) is 0 Å². The number of hydrogen-bond acceptors (Lipinski definition) is 6. The van der Waals surface area contributed by atoms with Gasteiger partial charge in [0, 0.05) is 10.7 Å². The standard InChI is InChI=1S/C24H18ClNO5S/c1-2-31-24(30)15-7-11-17(12-8-15)26-20(14-5-9-16(25)10-6-14)19(22(28)23(26)29)21(27)18-4-3-13-32-18/h3-13,20,28H,2H2,1H3/t20-/m0/s1. The number of ketones is 1. The Hall–Kier alpha value is -3.42. The molecule has 3 aromatic rings. The fourth-order valence-corrected chi connectivity index (χ4v) is 4.38. The number of thiophene rings is 1. The van der Waals surface area contributed by atoms with E-state index in [1.807, 2.05) is 0 Å². The number of carbonyl (C=O) groups excluding carboxylic acids is 3. The molecule has 0 saturated heterocycles. The number of rotatable bonds is 6. The summed E-state index contributed by atoms with van der Waals surface area (Å²) in [4.78, 5) is 40.1. The largest absolute Gasteiger partial charge is 0.503 e. The average molecular weight is 468 g/mol. The molecule has 0 radical (unpaired) electrons. The van der Waals surface area contributed by atoms with E-state index in [-0.39, 0.29) is 12.2 Å². The molecule has 32 heavy (non-hydrogen) atoms. The van der Waals surface area contributed by atoms with E-state index in [1.165, 1.54) is 28.4 Å². The van der Waals surface area contributed by atoms with Gasteiger partial charge < -0.3 is 9.84 Å². The van der Waals surface area contributed by atoms with Crippen molar-refractivity contribution in [3.8, 4) is 0 Å². The van der Waals surface area contributed by atoms with Gasteiger partial charge in [0.25, 0.3) is 5.91 Å². The van der Waals surface area contributed by atoms with Crippen molar-refractivity contribution in [3.63, 3.8) is 0 Å². The summed E-state index contributed by atoms with van der Waals surface area (Å²) in [7, 11) is 0. The van der Waals surface area contributed by atoms with Crippen molar-refractivity contribution in [2.75, 3.05) is 11.5 Å². The minimum atomic E-state index is -0.859. The monoisotopic (exact) mass is 467 g/mol. The number of aliphatic hydroxyl groups excluding tert-OH is 1. The maximum absolute atomic E-state index is 13.2. The van der Waals surface area contributed by atoms with E-state index in [0.29, 0.717) is 26.7 Å². The predicted octanol–water partition coefficient (Wildman–Crippen LogP) is 5.36. The predicted molar refractivity (Wildman–Crippen MR) is 122 cm³/mol. The molecule has 1 aliphatic heterocycles. The molecule has 8 heteroatoms. The fraction of sp³-hybridized carbons (Fsp3) is 0.125. The Labute approximate surface area is 193 Å². The Morgan fingerprint density at radius 1 is 1.09 bits per heavy atom. The van der Waals surface area contributed by atoms with Gasteiger partial charge in [-0.05, 0) is 60.3 Å². The first kappa shape index (κ1) is 21.8. The molecule has 1 amide bonds. The number of ether oxygens (including phenoxy) is 1. The summed E-state index contributed by atoms with van der Waals surface area (Å²) in [5, 5.41) is 13.0. The lowest BCUT2D eigenvalue weighted by molar-refractivity contribution is -0.117. The molecular weight excluding hydrogens is 450 g/mol. The normalized spacial score (nSPS) is 15.9. The molecule has 2 heterocycles. The van der Waals surface area contributed by atoms with Crippen molar-refractivity contribution in [3.05, 3.63) is 98.4 Å². The molecule has 0 unspecified atom stereocenters. The van der Waals surface area contributed by atoms with Crippen LogP contribution in [0.25, 0.3) is 0 Å². The van der Waals surface area contributed by atoms with Crippen LogP contribution in [0.3, 0.4) is 0 Å². The van der Waals surface area contributed by atoms with Gasteiger partial charge in [0.05, 0.1) is 28.7 Å². The Bertz CT molecular complexity index is 1200. The second-order valence-corrected chi connectivity index (χ2v) is 8.35. The van der Waals surface area contributed by atoms with Crippen molar-refractivity contribution in [1.82, 2.24) is 0 Å². The lowest BCUT2D eigenvalue weighted by atomic mass is 9.95. The van der Waals surface area contributed by atoms with Gasteiger partial charge >= 0.3 is 5.97 Å². The van der Waals surface area contributed by atoms with Crippen LogP contribution < -0.4 is 4.90 Å². The van der Waals surface area contributed by atoms with Crippen LogP contribution in [0.5, 0.6) is 0 Å². The Morgan fingerprint density at radius 3 is 2.38 bits per heavy atom. The summed E-state index contributed by atoms with van der Waals surface area (Å²) in [6, 6.07) is 15.5. The Balaban J connectivity index is 1.79. The molecule has 0 aliphatic carbocycles. The number of hydrogen-bond donors (Lipinski definition) is 1. The Morgan fingerprint density at radius 2 is 1.78 bits per heavy atom. The van der Waals surface area contributed by atoms with Crippen molar-refractivity contribution in [2.45, 2.75) is 13.0 Å². The topological polar surface area (TPSA) is 83.9 Å². The highest BCUT2D eigenvalue weighted by Crippen LogP contribution is 2.42. The lowest BCUT2D eigenvalue weighted by Gasteiger charge is -2.27. The van der Waals surface area contributed by atoms with Crippen LogP contribution in [-0.4, -0.2) is 29.4 Å². The van der Waals surface area contributed by atoms with Crippen LogP contribution in [0.1, 0.15) is 38.6 Å². The fourth-order valence-electron chi connectivity index (χ4n) is 3.58. The van der Waals surface area contributed by atoms with E-state index < -0.39 is 29.5 Å². The highest BCUT2D eigenvalue weighted by atomic mass is 35.5. The smallest absolute Gasteiger partial charge is 0.338 e. The third kappa shape index (κ3) is 3.92. The summed E-state index contributed by atoms with van der Waals surface area (Å²) >= 11 is 7.26. The van der Waals surface area contributed by atoms with Gasteiger partial charge in [-0.25, -0.2) is 4.79 Å². The van der Waals surface area contributed by atoms with Crippen molar-refractivity contribution >= 4 is 46.3 Å². The minimum absolute atomic E-state index is 0.00533. The molecular formula is C24H18ClNO5S. The first-order valence-electron chi connectivity index (χ1n) is 9.80. The highest BCUT2D eigenvalue weighted by Gasteiger charge is 2.44. The molecule has 1 atom stereocenters. The number of benzene rings is 2. The zero-order chi connectivity index (χ0) is 22.8. The van der Waals surface area contributed by atoms with Crippen LogP contribution in [0.4, 0.5) is 5.69 Å². The van der Waals surface area contributed by atoms with Crippen molar-refractivity contribution in [2.24, 2.45) is 0 Å². The second kappa shape index (κ2) is 8.98. The second-order valence-electron chi connectivity index (χ2n) is 6.97. The van der Waals surface area contributed by atoms with Crippen LogP contribution in [0, 0.1) is 0 Å². The number of nitrogens with zero attached hydrogens (tertiary/aromatic N) is 1. The number of amides is 1. The number of anilines is 1. The van der Waals surface area contributed by atoms with Crippen LogP contribution in [0.15, 0.2) is 77.4 Å². The van der Waals surface area contributed by atoms with Crippen molar-refractivity contribution < 1.29 is 24.2 Å². The van der Waals surface area contributed by atoms with E-state index in [0.717, 1.165) is 0 Å². The zero-order valence-corrected chi connectivity index (χ0v) is 18.5. The van der Waals surface area contributed by atoms with Gasteiger partial charge in [0.2, 0.25) is 5.78 Å². The summed E-state index contributed by atoms with van der Waals surface area (Å²) in [5.74, 6) is -2.20. The third-order valence-electron chi connectivity index (χ3n) is 5.04. The summed E-state index contributed by atoms with van der Waals surface area (Å²) in [5.41, 5.74) is 1.36. The van der Waals surface area contributed by atoms with Gasteiger partial charge in [0.15, 0.2) is 5.76 Å². The number of Topliss-reactive ketones (excluding diaryl/α,β-unsaturated/α-hetero) is 1. The van der Waals surface area contributed by atoms with Gasteiger partial charge in [-0.3, -0.25) is 14.5 Å². The third-order valence-corrected chi connectivity index (χ3v) is 6.16. The van der Waals surface area contributed by atoms with E-state index in [9.17, 15) is 19.5 Å². The average Bonchev–Trinajstić information content (AvgIpc) is 3.42. The quantitative estimate of drug-likeness (QED) is 0.389. The van der Waals surface area contributed by atoms with E-state index in [1.54, 1.807) is 60.8 Å². The molecule has 0 bridgehead atoms. The molecule has 2 aromatic carbocycles. The molecule has 0 saturated carbocycles. The van der Waals surface area contributed by atoms with Crippen LogP contribution in [0.2, 0.25) is 5.02 Å². The number of carbonyl (C=O) groups is 3. The minimum Gasteiger partial charge on any atom is -0.503 e. The molecule has 1 aromatic heterocycles. The van der Waals surface area contributed by atoms with E-state index >= 15 is 0 Å². The van der Waals surface area contributed by atoms with Crippen LogP contribution >= 0.6 is 22.9 Å². The first-order chi connectivity index (χ1) is 15.4. The maximum atomic E-state index is 13.2. The highest BCUT2D eigenvalue weighted by molar-refractivity contribution is 7.12. The van der Waals surface area contributed by atoms with Gasteiger partial charge in [-0.1, -0.05) is 29.8 Å². The summed E-state index contributed by atoms with van der Waals surface area (Å²) in [6.45, 7) is 1.96.